The lowest BCUT2D eigenvalue weighted by molar-refractivity contribution is -0.122. The highest BCUT2D eigenvalue weighted by atomic mass is 16.5. The van der Waals surface area contributed by atoms with E-state index in [1.807, 2.05) is 77.1 Å². The maximum absolute atomic E-state index is 13.1. The predicted octanol–water partition coefficient (Wildman–Crippen LogP) is 2.31. The Morgan fingerprint density at radius 1 is 0.971 bits per heavy atom. The molecule has 0 spiro atoms. The van der Waals surface area contributed by atoms with Gasteiger partial charge in [-0.2, -0.15) is 0 Å². The number of amides is 2. The number of ether oxygens (including phenoxy) is 1. The number of aliphatic hydroxyl groups is 1. The molecule has 4 heterocycles. The third-order valence-corrected chi connectivity index (χ3v) is 6.88. The Kier molecular flexibility index (Phi) is 4.70. The second-order valence-electron chi connectivity index (χ2n) is 8.88. The molecule has 2 aliphatic heterocycles. The third kappa shape index (κ3) is 2.96. The first-order valence-corrected chi connectivity index (χ1v) is 11.2. The van der Waals surface area contributed by atoms with E-state index in [-0.39, 0.29) is 18.9 Å². The van der Waals surface area contributed by atoms with Gasteiger partial charge in [0, 0.05) is 59.3 Å². The number of nitrogens with two attached hydrogens (primary N) is 1. The normalized spacial score (nSPS) is 23.0. The largest absolute Gasteiger partial charge is 0.394 e. The van der Waals surface area contributed by atoms with Crippen LogP contribution in [0, 0.1) is 0 Å². The van der Waals surface area contributed by atoms with Gasteiger partial charge < -0.3 is 24.7 Å². The highest BCUT2D eigenvalue weighted by molar-refractivity contribution is 6.50. The fourth-order valence-corrected chi connectivity index (χ4v) is 5.25. The Bertz CT molecular complexity index is 1510. The van der Waals surface area contributed by atoms with Crippen LogP contribution in [0.5, 0.6) is 0 Å². The van der Waals surface area contributed by atoms with E-state index in [1.165, 1.54) is 0 Å². The van der Waals surface area contributed by atoms with Gasteiger partial charge in [0.1, 0.15) is 6.23 Å². The highest BCUT2D eigenvalue weighted by Crippen LogP contribution is 2.40. The van der Waals surface area contributed by atoms with Crippen LogP contribution in [0.3, 0.4) is 0 Å². The molecule has 2 aromatic heterocycles. The van der Waals surface area contributed by atoms with E-state index < -0.39 is 17.9 Å². The lowest BCUT2D eigenvalue weighted by Crippen LogP contribution is -2.32. The first kappa shape index (κ1) is 20.9. The second kappa shape index (κ2) is 7.66. The number of carbonyl (C=O) groups is 2. The van der Waals surface area contributed by atoms with Crippen molar-refractivity contribution in [3.05, 3.63) is 72.1 Å². The van der Waals surface area contributed by atoms with Crippen LogP contribution in [0.4, 0.5) is 0 Å². The zero-order valence-corrected chi connectivity index (χ0v) is 18.6. The fraction of sp³-hybridized carbons (Fsp3) is 0.231. The molecule has 4 N–H and O–H groups in total. The van der Waals surface area contributed by atoms with Crippen molar-refractivity contribution in [3.63, 3.8) is 0 Å². The molecule has 0 saturated carbocycles. The van der Waals surface area contributed by atoms with Gasteiger partial charge in [-0.1, -0.05) is 36.4 Å². The van der Waals surface area contributed by atoms with Crippen LogP contribution < -0.4 is 11.1 Å². The smallest absolute Gasteiger partial charge is 0.259 e. The number of hydrogen-bond donors (Lipinski definition) is 3. The molecule has 2 amide bonds. The maximum Gasteiger partial charge on any atom is 0.259 e. The molecule has 1 saturated heterocycles. The van der Waals surface area contributed by atoms with Gasteiger partial charge in [0.15, 0.2) is 0 Å². The summed E-state index contributed by atoms with van der Waals surface area (Å²) in [6, 6.07) is 15.2. The molecule has 172 valence electrons. The SMILES string of the molecule is Cn1cc(C2=C(c3cn([C@@H]4C[C@H](N)[C@@H](CO)O4)c4ccccc34)C(=O)NC2=O)c2ccccc21. The number of fused-ring (bicyclic) bond motifs is 2. The number of hydrogen-bond acceptors (Lipinski definition) is 5. The maximum atomic E-state index is 13.1. The minimum absolute atomic E-state index is 0.156. The number of rotatable bonds is 4. The second-order valence-corrected chi connectivity index (χ2v) is 8.88. The van der Waals surface area contributed by atoms with Gasteiger partial charge in [-0.3, -0.25) is 14.9 Å². The lowest BCUT2D eigenvalue weighted by Gasteiger charge is -2.15. The van der Waals surface area contributed by atoms with E-state index in [1.54, 1.807) is 0 Å². The molecule has 2 aliphatic rings. The Balaban J connectivity index is 1.59. The molecule has 4 aromatic rings. The van der Waals surface area contributed by atoms with Crippen LogP contribution in [0.15, 0.2) is 60.9 Å². The molecule has 0 radical (unpaired) electrons. The Morgan fingerprint density at radius 3 is 2.21 bits per heavy atom. The average Bonchev–Trinajstić information content (AvgIpc) is 3.56. The number of carbonyl (C=O) groups excluding carboxylic acids is 2. The predicted molar refractivity (Wildman–Crippen MR) is 128 cm³/mol. The molecule has 34 heavy (non-hydrogen) atoms. The average molecular weight is 457 g/mol. The van der Waals surface area contributed by atoms with Crippen LogP contribution in [0.1, 0.15) is 23.8 Å². The van der Waals surface area contributed by atoms with Crippen molar-refractivity contribution in [1.29, 1.82) is 0 Å². The first-order valence-electron chi connectivity index (χ1n) is 11.2. The molecular formula is C26H24N4O4. The number of imide groups is 1. The van der Waals surface area contributed by atoms with Gasteiger partial charge >= 0.3 is 0 Å². The lowest BCUT2D eigenvalue weighted by atomic mass is 9.95. The first-order chi connectivity index (χ1) is 16.5. The summed E-state index contributed by atoms with van der Waals surface area (Å²) in [6.07, 6.45) is 3.45. The van der Waals surface area contributed by atoms with Crippen molar-refractivity contribution in [2.24, 2.45) is 12.8 Å². The van der Waals surface area contributed by atoms with Gasteiger partial charge in [-0.25, -0.2) is 0 Å². The summed E-state index contributed by atoms with van der Waals surface area (Å²) < 4.78 is 9.92. The van der Waals surface area contributed by atoms with Crippen molar-refractivity contribution in [2.75, 3.05) is 6.61 Å². The molecule has 6 rings (SSSR count). The highest BCUT2D eigenvalue weighted by Gasteiger charge is 2.37. The van der Waals surface area contributed by atoms with Gasteiger partial charge in [0.25, 0.3) is 11.8 Å². The zero-order valence-electron chi connectivity index (χ0n) is 18.6. The van der Waals surface area contributed by atoms with Gasteiger partial charge in [-0.05, 0) is 12.1 Å². The molecule has 1 fully saturated rings. The Labute approximate surface area is 195 Å². The molecule has 8 nitrogen and oxygen atoms in total. The number of aryl methyl sites for hydroxylation is 1. The van der Waals surface area contributed by atoms with Gasteiger partial charge in [0.2, 0.25) is 0 Å². The molecule has 3 atom stereocenters. The number of para-hydroxylation sites is 2. The van der Waals surface area contributed by atoms with E-state index in [0.29, 0.717) is 28.7 Å². The summed E-state index contributed by atoms with van der Waals surface area (Å²) in [7, 11) is 1.92. The van der Waals surface area contributed by atoms with Crippen LogP contribution >= 0.6 is 0 Å². The number of aliphatic hydroxyl groups excluding tert-OH is 1. The summed E-state index contributed by atoms with van der Waals surface area (Å²) in [5.41, 5.74) is 10.1. The Morgan fingerprint density at radius 2 is 1.56 bits per heavy atom. The topological polar surface area (TPSA) is 112 Å². The van der Waals surface area contributed by atoms with E-state index in [4.69, 9.17) is 10.5 Å². The van der Waals surface area contributed by atoms with E-state index in [2.05, 4.69) is 5.32 Å². The number of nitrogens with one attached hydrogen (secondary N) is 1. The van der Waals surface area contributed by atoms with Crippen molar-refractivity contribution in [1.82, 2.24) is 14.5 Å². The monoisotopic (exact) mass is 456 g/mol. The quantitative estimate of drug-likeness (QED) is 0.408. The minimum atomic E-state index is -0.448. The number of aromatic nitrogens is 2. The van der Waals surface area contributed by atoms with Crippen molar-refractivity contribution < 1.29 is 19.4 Å². The van der Waals surface area contributed by atoms with Crippen LogP contribution in [0.25, 0.3) is 33.0 Å². The summed E-state index contributed by atoms with van der Waals surface area (Å²) in [5, 5.41) is 13.8. The van der Waals surface area contributed by atoms with E-state index in [9.17, 15) is 14.7 Å². The van der Waals surface area contributed by atoms with Gasteiger partial charge in [0.05, 0.1) is 29.4 Å². The van der Waals surface area contributed by atoms with E-state index >= 15 is 0 Å². The van der Waals surface area contributed by atoms with Crippen LogP contribution in [-0.4, -0.2) is 44.8 Å². The molecule has 8 heteroatoms. The summed E-state index contributed by atoms with van der Waals surface area (Å²) in [4.78, 5) is 26.2. The standard InChI is InChI=1S/C26H24N4O4/c1-29-11-16(14-6-2-4-8-19(14)29)23-24(26(33)28-25(23)32)17-12-30(20-9-5-3-7-15(17)20)22-10-18(27)21(13-31)34-22/h2-9,11-12,18,21-22,31H,10,13,27H2,1H3,(H,28,32,33)/t18-,21+,22-/m0/s1. The fourth-order valence-electron chi connectivity index (χ4n) is 5.25. The minimum Gasteiger partial charge on any atom is -0.394 e. The molecule has 0 unspecified atom stereocenters. The summed E-state index contributed by atoms with van der Waals surface area (Å²) in [6.45, 7) is -0.156. The van der Waals surface area contributed by atoms with Crippen LogP contribution in [0.2, 0.25) is 0 Å². The van der Waals surface area contributed by atoms with Crippen molar-refractivity contribution in [2.45, 2.75) is 24.8 Å². The Hall–Kier alpha value is -3.72. The zero-order chi connectivity index (χ0) is 23.6. The molecule has 0 aliphatic carbocycles. The summed E-state index contributed by atoms with van der Waals surface area (Å²) in [5.74, 6) is -0.833. The van der Waals surface area contributed by atoms with E-state index in [0.717, 1.165) is 21.8 Å². The van der Waals surface area contributed by atoms with Crippen LogP contribution in [-0.2, 0) is 21.4 Å². The molecule has 0 bridgehead atoms. The number of benzene rings is 2. The third-order valence-electron chi connectivity index (χ3n) is 6.88. The molecule has 2 aromatic carbocycles. The number of nitrogens with zero attached hydrogens (tertiary/aromatic N) is 2. The summed E-state index contributed by atoms with van der Waals surface area (Å²) >= 11 is 0. The van der Waals surface area contributed by atoms with Crippen molar-refractivity contribution in [3.8, 4) is 0 Å². The van der Waals surface area contributed by atoms with Gasteiger partial charge in [-0.15, -0.1) is 0 Å². The molecular weight excluding hydrogens is 432 g/mol. The van der Waals surface area contributed by atoms with Crippen molar-refractivity contribution >= 4 is 44.8 Å².